The Labute approximate surface area is 113 Å². The van der Waals surface area contributed by atoms with Crippen LogP contribution in [0.15, 0.2) is 24.3 Å². The molecule has 19 heavy (non-hydrogen) atoms. The largest absolute Gasteiger partial charge is 0.508 e. The molecule has 5 nitrogen and oxygen atoms in total. The van der Waals surface area contributed by atoms with Crippen LogP contribution in [0.5, 0.6) is 5.75 Å². The van der Waals surface area contributed by atoms with Crippen LogP contribution in [-0.2, 0) is 16.0 Å². The highest BCUT2D eigenvalue weighted by atomic mass is 16.3. The van der Waals surface area contributed by atoms with Gasteiger partial charge in [0.2, 0.25) is 11.8 Å². The summed E-state index contributed by atoms with van der Waals surface area (Å²) >= 11 is 0. The summed E-state index contributed by atoms with van der Waals surface area (Å²) in [6, 6.07) is 6.00. The first kappa shape index (κ1) is 15.0. The fraction of sp³-hybridized carbons (Fsp3) is 0.429. The number of rotatable bonds is 6. The number of carbonyl (C=O) groups excluding carboxylic acids is 2. The number of amides is 2. The van der Waals surface area contributed by atoms with Crippen molar-refractivity contribution in [2.24, 2.45) is 0 Å². The van der Waals surface area contributed by atoms with Gasteiger partial charge >= 0.3 is 0 Å². The minimum Gasteiger partial charge on any atom is -0.508 e. The van der Waals surface area contributed by atoms with Crippen molar-refractivity contribution in [2.45, 2.75) is 32.7 Å². The minimum absolute atomic E-state index is 0.176. The molecule has 0 aliphatic rings. The fourth-order valence-electron chi connectivity index (χ4n) is 1.69. The van der Waals surface area contributed by atoms with Crippen molar-refractivity contribution in [3.8, 4) is 5.75 Å². The van der Waals surface area contributed by atoms with E-state index in [0.717, 1.165) is 12.0 Å². The molecule has 104 valence electrons. The van der Waals surface area contributed by atoms with E-state index in [1.165, 1.54) is 6.92 Å². The molecule has 0 heterocycles. The van der Waals surface area contributed by atoms with Crippen LogP contribution in [0.25, 0.3) is 0 Å². The van der Waals surface area contributed by atoms with E-state index < -0.39 is 6.04 Å². The van der Waals surface area contributed by atoms with Crippen molar-refractivity contribution in [3.05, 3.63) is 29.8 Å². The van der Waals surface area contributed by atoms with E-state index in [0.29, 0.717) is 13.0 Å². The second kappa shape index (κ2) is 7.41. The molecule has 0 fully saturated rings. The van der Waals surface area contributed by atoms with E-state index in [2.05, 4.69) is 10.6 Å². The molecule has 0 saturated carbocycles. The normalized spacial score (nSPS) is 11.7. The maximum atomic E-state index is 11.9. The van der Waals surface area contributed by atoms with Crippen molar-refractivity contribution in [3.63, 3.8) is 0 Å². The van der Waals surface area contributed by atoms with Crippen LogP contribution >= 0.6 is 0 Å². The molecule has 0 aliphatic carbocycles. The number of phenolic OH excluding ortho intramolecular Hbond substituents is 1. The monoisotopic (exact) mass is 264 g/mol. The first-order chi connectivity index (χ1) is 9.02. The van der Waals surface area contributed by atoms with Gasteiger partial charge in [-0.1, -0.05) is 19.1 Å². The Morgan fingerprint density at radius 1 is 1.26 bits per heavy atom. The number of hydrogen-bond acceptors (Lipinski definition) is 3. The standard InChI is InChI=1S/C14H20N2O3/c1-3-8-15-14(19)13(16-10(2)17)9-11-4-6-12(18)7-5-11/h4-7,13,18H,3,8-9H2,1-2H3,(H,15,19)(H,16,17)/t13-/m0/s1. The molecule has 0 aliphatic heterocycles. The quantitative estimate of drug-likeness (QED) is 0.716. The Morgan fingerprint density at radius 3 is 2.42 bits per heavy atom. The predicted octanol–water partition coefficient (Wildman–Crippen LogP) is 0.966. The zero-order valence-corrected chi connectivity index (χ0v) is 11.3. The van der Waals surface area contributed by atoms with Crippen LogP contribution in [0.3, 0.4) is 0 Å². The van der Waals surface area contributed by atoms with Gasteiger partial charge in [0.25, 0.3) is 0 Å². The molecule has 0 bridgehead atoms. The smallest absolute Gasteiger partial charge is 0.242 e. The van der Waals surface area contributed by atoms with Crippen molar-refractivity contribution in [1.29, 1.82) is 0 Å². The number of hydrogen-bond donors (Lipinski definition) is 3. The highest BCUT2D eigenvalue weighted by molar-refractivity contribution is 5.87. The number of carbonyl (C=O) groups is 2. The SMILES string of the molecule is CCCNC(=O)[C@H](Cc1ccc(O)cc1)NC(C)=O. The molecule has 0 aromatic heterocycles. The van der Waals surface area contributed by atoms with E-state index in [1.807, 2.05) is 6.92 Å². The summed E-state index contributed by atoms with van der Waals surface area (Å²) in [6.07, 6.45) is 1.24. The lowest BCUT2D eigenvalue weighted by atomic mass is 10.0. The minimum atomic E-state index is -0.589. The molecule has 0 saturated heterocycles. The average molecular weight is 264 g/mol. The summed E-state index contributed by atoms with van der Waals surface area (Å²) in [5.74, 6) is -0.254. The number of aromatic hydroxyl groups is 1. The number of phenols is 1. The summed E-state index contributed by atoms with van der Waals surface area (Å²) in [6.45, 7) is 3.94. The van der Waals surface area contributed by atoms with Crippen LogP contribution in [0.2, 0.25) is 0 Å². The highest BCUT2D eigenvalue weighted by Crippen LogP contribution is 2.11. The van der Waals surface area contributed by atoms with Crippen LogP contribution in [0.4, 0.5) is 0 Å². The van der Waals surface area contributed by atoms with Crippen molar-refractivity contribution >= 4 is 11.8 Å². The zero-order chi connectivity index (χ0) is 14.3. The zero-order valence-electron chi connectivity index (χ0n) is 11.3. The van der Waals surface area contributed by atoms with Gasteiger partial charge in [-0.3, -0.25) is 9.59 Å². The second-order valence-electron chi connectivity index (χ2n) is 4.41. The van der Waals surface area contributed by atoms with Gasteiger partial charge in [-0.15, -0.1) is 0 Å². The molecule has 1 atom stereocenters. The van der Waals surface area contributed by atoms with Crippen LogP contribution in [0, 0.1) is 0 Å². The van der Waals surface area contributed by atoms with Crippen molar-refractivity contribution in [2.75, 3.05) is 6.54 Å². The van der Waals surface area contributed by atoms with Crippen molar-refractivity contribution < 1.29 is 14.7 Å². The summed E-state index contributed by atoms with van der Waals surface area (Å²) in [4.78, 5) is 23.1. The molecule has 1 rings (SSSR count). The van der Waals surface area contributed by atoms with E-state index >= 15 is 0 Å². The maximum absolute atomic E-state index is 11.9. The molecular formula is C14H20N2O3. The van der Waals surface area contributed by atoms with Crippen LogP contribution in [0.1, 0.15) is 25.8 Å². The molecule has 5 heteroatoms. The van der Waals surface area contributed by atoms with Crippen molar-refractivity contribution in [1.82, 2.24) is 10.6 Å². The summed E-state index contributed by atoms with van der Waals surface area (Å²) < 4.78 is 0. The lowest BCUT2D eigenvalue weighted by molar-refractivity contribution is -0.128. The Morgan fingerprint density at radius 2 is 1.89 bits per heavy atom. The second-order valence-corrected chi connectivity index (χ2v) is 4.41. The third-order valence-electron chi connectivity index (χ3n) is 2.62. The number of nitrogens with one attached hydrogen (secondary N) is 2. The highest BCUT2D eigenvalue weighted by Gasteiger charge is 2.19. The van der Waals surface area contributed by atoms with Gasteiger partial charge in [-0.2, -0.15) is 0 Å². The molecule has 0 unspecified atom stereocenters. The lowest BCUT2D eigenvalue weighted by Gasteiger charge is -2.17. The molecule has 1 aromatic carbocycles. The Bertz CT molecular complexity index is 429. The summed E-state index contributed by atoms with van der Waals surface area (Å²) in [5, 5.41) is 14.6. The third-order valence-corrected chi connectivity index (χ3v) is 2.62. The third kappa shape index (κ3) is 5.42. The average Bonchev–Trinajstić information content (AvgIpc) is 2.37. The van der Waals surface area contributed by atoms with Crippen LogP contribution < -0.4 is 10.6 Å². The Hall–Kier alpha value is -2.04. The van der Waals surface area contributed by atoms with Crippen LogP contribution in [-0.4, -0.2) is 29.5 Å². The summed E-state index contributed by atoms with van der Waals surface area (Å²) in [7, 11) is 0. The van der Waals surface area contributed by atoms with Gasteiger partial charge in [0.05, 0.1) is 0 Å². The van der Waals surface area contributed by atoms with Gasteiger partial charge in [0.15, 0.2) is 0 Å². The van der Waals surface area contributed by atoms with Gasteiger partial charge in [-0.25, -0.2) is 0 Å². The molecule has 3 N–H and O–H groups in total. The molecule has 2 amide bonds. The van der Waals surface area contributed by atoms with Gasteiger partial charge < -0.3 is 15.7 Å². The van der Waals surface area contributed by atoms with E-state index in [-0.39, 0.29) is 17.6 Å². The first-order valence-electron chi connectivity index (χ1n) is 6.35. The molecule has 0 spiro atoms. The van der Waals surface area contributed by atoms with E-state index in [4.69, 9.17) is 0 Å². The summed E-state index contributed by atoms with van der Waals surface area (Å²) in [5.41, 5.74) is 0.878. The molecular weight excluding hydrogens is 244 g/mol. The van der Waals surface area contributed by atoms with E-state index in [9.17, 15) is 14.7 Å². The molecule has 0 radical (unpaired) electrons. The number of benzene rings is 1. The van der Waals surface area contributed by atoms with Gasteiger partial charge in [-0.05, 0) is 24.1 Å². The lowest BCUT2D eigenvalue weighted by Crippen LogP contribution is -2.47. The fourth-order valence-corrected chi connectivity index (χ4v) is 1.69. The molecule has 1 aromatic rings. The van der Waals surface area contributed by atoms with E-state index in [1.54, 1.807) is 24.3 Å². The topological polar surface area (TPSA) is 78.4 Å². The van der Waals surface area contributed by atoms with Gasteiger partial charge in [0, 0.05) is 19.9 Å². The van der Waals surface area contributed by atoms with Gasteiger partial charge in [0.1, 0.15) is 11.8 Å². The Kier molecular flexibility index (Phi) is 5.85. The predicted molar refractivity (Wildman–Crippen MR) is 72.7 cm³/mol. The Balaban J connectivity index is 2.70. The maximum Gasteiger partial charge on any atom is 0.242 e. The first-order valence-corrected chi connectivity index (χ1v) is 6.35.